The van der Waals surface area contributed by atoms with E-state index in [4.69, 9.17) is 21.3 Å². The maximum Gasteiger partial charge on any atom is 0.343 e. The molecule has 0 bridgehead atoms. The summed E-state index contributed by atoms with van der Waals surface area (Å²) in [5.41, 5.74) is 15.0. The van der Waals surface area contributed by atoms with Gasteiger partial charge in [-0.3, -0.25) is 9.59 Å². The van der Waals surface area contributed by atoms with Gasteiger partial charge in [-0.25, -0.2) is 9.48 Å². The van der Waals surface area contributed by atoms with Gasteiger partial charge >= 0.3 is 5.97 Å². The second-order valence-corrected chi connectivity index (χ2v) is 10.4. The topological polar surface area (TPSA) is 142 Å². The number of carbonyl (C=O) groups excluding carboxylic acids is 3. The fraction of sp³-hybridized carbons (Fsp3) is 0.538. The zero-order chi connectivity index (χ0) is 25.3. The Morgan fingerprint density at radius 2 is 1.94 bits per heavy atom. The number of hydrogen-bond acceptors (Lipinski definition) is 7. The van der Waals surface area contributed by atoms with Crippen LogP contribution in [0.4, 0.5) is 5.69 Å². The van der Waals surface area contributed by atoms with Crippen molar-refractivity contribution >= 4 is 23.3 Å². The van der Waals surface area contributed by atoms with Crippen molar-refractivity contribution in [1.82, 2.24) is 9.78 Å². The molecule has 0 aliphatic heterocycles. The first-order valence-corrected chi connectivity index (χ1v) is 12.4. The normalized spacial score (nSPS) is 18.6. The first-order valence-electron chi connectivity index (χ1n) is 12.4. The van der Waals surface area contributed by atoms with E-state index < -0.39 is 18.0 Å². The number of hydrogen-bond donors (Lipinski definition) is 3. The van der Waals surface area contributed by atoms with Crippen LogP contribution in [-0.4, -0.2) is 39.7 Å². The number of carbonyl (C=O) groups is 3. The second-order valence-electron chi connectivity index (χ2n) is 10.4. The van der Waals surface area contributed by atoms with Crippen molar-refractivity contribution in [3.63, 3.8) is 0 Å². The lowest BCUT2D eigenvalue weighted by molar-refractivity contribution is -0.151. The molecule has 1 fully saturated rings. The number of rotatable bonds is 7. The average molecular weight is 482 g/mol. The number of anilines is 1. The van der Waals surface area contributed by atoms with Crippen LogP contribution in [0.15, 0.2) is 18.2 Å². The van der Waals surface area contributed by atoms with E-state index in [0.29, 0.717) is 36.2 Å². The van der Waals surface area contributed by atoms with Crippen LogP contribution >= 0.6 is 0 Å². The lowest BCUT2D eigenvalue weighted by Gasteiger charge is -2.29. The molecule has 35 heavy (non-hydrogen) atoms. The monoisotopic (exact) mass is 481 g/mol. The van der Waals surface area contributed by atoms with Crippen molar-refractivity contribution in [1.29, 1.82) is 0 Å². The van der Waals surface area contributed by atoms with Gasteiger partial charge in [0.05, 0.1) is 33.9 Å². The van der Waals surface area contributed by atoms with Crippen molar-refractivity contribution in [2.45, 2.75) is 84.4 Å². The van der Waals surface area contributed by atoms with E-state index in [2.05, 4.69) is 19.2 Å². The zero-order valence-corrected chi connectivity index (χ0v) is 20.7. The smallest absolute Gasteiger partial charge is 0.343 e. The SMILES string of the molecule is CCc1nn(-c2ccc(C(N)=O)c(NC(N)C(=O)OC3CCCCC3)c2)c2c1C(=O)CC(C)(C)C2. The van der Waals surface area contributed by atoms with Gasteiger partial charge in [-0.05, 0) is 62.1 Å². The molecule has 1 saturated carbocycles. The fourth-order valence-corrected chi connectivity index (χ4v) is 5.13. The molecule has 0 radical (unpaired) electrons. The zero-order valence-electron chi connectivity index (χ0n) is 20.7. The summed E-state index contributed by atoms with van der Waals surface area (Å²) in [4.78, 5) is 37.6. The standard InChI is InChI=1S/C26H35N5O4/c1-4-18-22-20(13-26(2,3)14-21(22)32)31(30-18)15-10-11-17(24(28)33)19(12-15)29-23(27)25(34)35-16-8-6-5-7-9-16/h10-12,16,23,29H,4-9,13-14,27H2,1-3H3,(H2,28,33). The highest BCUT2D eigenvalue weighted by atomic mass is 16.5. The lowest BCUT2D eigenvalue weighted by atomic mass is 9.75. The molecular weight excluding hydrogens is 446 g/mol. The van der Waals surface area contributed by atoms with Gasteiger partial charge in [0.1, 0.15) is 6.10 Å². The third-order valence-corrected chi connectivity index (χ3v) is 6.87. The molecule has 1 heterocycles. The number of primary amides is 1. The summed E-state index contributed by atoms with van der Waals surface area (Å²) in [5.74, 6) is -1.13. The van der Waals surface area contributed by atoms with Crippen molar-refractivity contribution in [3.05, 3.63) is 40.7 Å². The minimum absolute atomic E-state index is 0.0962. The van der Waals surface area contributed by atoms with Crippen LogP contribution in [0.1, 0.15) is 91.4 Å². The molecule has 1 aromatic carbocycles. The average Bonchev–Trinajstić information content (AvgIpc) is 3.17. The van der Waals surface area contributed by atoms with Gasteiger partial charge in [-0.15, -0.1) is 0 Å². The van der Waals surface area contributed by atoms with E-state index in [9.17, 15) is 14.4 Å². The number of ether oxygens (including phenoxy) is 1. The Labute approximate surface area is 205 Å². The lowest BCUT2D eigenvalue weighted by Crippen LogP contribution is -2.42. The predicted octanol–water partition coefficient (Wildman–Crippen LogP) is 3.26. The molecule has 2 aliphatic carbocycles. The minimum Gasteiger partial charge on any atom is -0.460 e. The van der Waals surface area contributed by atoms with E-state index in [0.717, 1.165) is 43.5 Å². The molecule has 1 aromatic heterocycles. The van der Waals surface area contributed by atoms with Crippen molar-refractivity contribution in [3.8, 4) is 5.69 Å². The van der Waals surface area contributed by atoms with E-state index >= 15 is 0 Å². The van der Waals surface area contributed by atoms with Gasteiger partial charge < -0.3 is 21.5 Å². The number of ketones is 1. The molecule has 188 valence electrons. The fourth-order valence-electron chi connectivity index (χ4n) is 5.13. The summed E-state index contributed by atoms with van der Waals surface area (Å²) in [6, 6.07) is 5.00. The summed E-state index contributed by atoms with van der Waals surface area (Å²) >= 11 is 0. The molecule has 1 amide bonds. The summed E-state index contributed by atoms with van der Waals surface area (Å²) < 4.78 is 7.33. The van der Waals surface area contributed by atoms with Gasteiger partial charge in [0.2, 0.25) is 0 Å². The van der Waals surface area contributed by atoms with Crippen molar-refractivity contribution in [2.75, 3.05) is 5.32 Å². The second kappa shape index (κ2) is 9.81. The molecule has 4 rings (SSSR count). The molecule has 5 N–H and O–H groups in total. The molecule has 2 aromatic rings. The predicted molar refractivity (Wildman–Crippen MR) is 132 cm³/mol. The highest BCUT2D eigenvalue weighted by Gasteiger charge is 2.36. The highest BCUT2D eigenvalue weighted by molar-refractivity contribution is 6.01. The van der Waals surface area contributed by atoms with Crippen LogP contribution in [0.25, 0.3) is 5.69 Å². The summed E-state index contributed by atoms with van der Waals surface area (Å²) in [7, 11) is 0. The van der Waals surface area contributed by atoms with Crippen LogP contribution in [0.5, 0.6) is 0 Å². The number of nitrogens with two attached hydrogens (primary N) is 2. The van der Waals surface area contributed by atoms with Crippen LogP contribution in [0.3, 0.4) is 0 Å². The third-order valence-electron chi connectivity index (χ3n) is 6.87. The third kappa shape index (κ3) is 5.24. The highest BCUT2D eigenvalue weighted by Crippen LogP contribution is 2.37. The molecule has 9 nitrogen and oxygen atoms in total. The summed E-state index contributed by atoms with van der Waals surface area (Å²) in [6.07, 6.45) is 5.37. The molecule has 1 unspecified atom stereocenters. The number of fused-ring (bicyclic) bond motifs is 1. The maximum absolute atomic E-state index is 12.9. The molecule has 0 spiro atoms. The molecule has 2 aliphatic rings. The van der Waals surface area contributed by atoms with Crippen LogP contribution in [0.2, 0.25) is 0 Å². The Kier molecular flexibility index (Phi) is 6.98. The van der Waals surface area contributed by atoms with Crippen molar-refractivity contribution < 1.29 is 19.1 Å². The quantitative estimate of drug-likeness (QED) is 0.407. The number of nitrogens with zero attached hydrogens (tertiary/aromatic N) is 2. The number of esters is 1. The molecule has 0 saturated heterocycles. The summed E-state index contributed by atoms with van der Waals surface area (Å²) in [6.45, 7) is 6.11. The number of aryl methyl sites for hydroxylation is 1. The summed E-state index contributed by atoms with van der Waals surface area (Å²) in [5, 5.41) is 7.64. The number of nitrogens with one attached hydrogen (secondary N) is 1. The van der Waals surface area contributed by atoms with Crippen LogP contribution < -0.4 is 16.8 Å². The molecule has 1 atom stereocenters. The Balaban J connectivity index is 1.66. The van der Waals surface area contributed by atoms with Gasteiger partial charge in [0.15, 0.2) is 11.9 Å². The maximum atomic E-state index is 12.9. The van der Waals surface area contributed by atoms with E-state index in [1.54, 1.807) is 22.9 Å². The van der Waals surface area contributed by atoms with Gasteiger partial charge in [-0.2, -0.15) is 5.10 Å². The number of benzene rings is 1. The Hall–Kier alpha value is -3.20. The number of amides is 1. The largest absolute Gasteiger partial charge is 0.460 e. The van der Waals surface area contributed by atoms with Gasteiger partial charge in [-0.1, -0.05) is 27.2 Å². The first-order chi connectivity index (χ1) is 16.6. The van der Waals surface area contributed by atoms with Gasteiger partial charge in [0.25, 0.3) is 5.91 Å². The Bertz CT molecular complexity index is 1150. The van der Waals surface area contributed by atoms with Crippen LogP contribution in [-0.2, 0) is 22.4 Å². The van der Waals surface area contributed by atoms with Gasteiger partial charge in [0, 0.05) is 6.42 Å². The Morgan fingerprint density at radius 1 is 1.23 bits per heavy atom. The first kappa shape index (κ1) is 24.9. The van der Waals surface area contributed by atoms with E-state index in [1.165, 1.54) is 0 Å². The Morgan fingerprint density at radius 3 is 2.60 bits per heavy atom. The molecule has 9 heteroatoms. The number of Topliss-reactive ketones (excluding diaryl/α,β-unsaturated/α-hetero) is 1. The van der Waals surface area contributed by atoms with E-state index in [-0.39, 0.29) is 22.9 Å². The minimum atomic E-state index is -1.16. The molecular formula is C26H35N5O4. The van der Waals surface area contributed by atoms with Crippen LogP contribution in [0, 0.1) is 5.41 Å². The van der Waals surface area contributed by atoms with Crippen molar-refractivity contribution in [2.24, 2.45) is 16.9 Å². The number of aromatic nitrogens is 2. The van der Waals surface area contributed by atoms with E-state index in [1.807, 2.05) is 6.92 Å².